The van der Waals surface area contributed by atoms with Gasteiger partial charge in [-0.3, -0.25) is 4.79 Å². The molecule has 0 radical (unpaired) electrons. The van der Waals surface area contributed by atoms with Crippen LogP contribution in [0.25, 0.3) is 5.69 Å². The summed E-state index contributed by atoms with van der Waals surface area (Å²) >= 11 is 6.02. The van der Waals surface area contributed by atoms with Crippen molar-refractivity contribution in [2.45, 2.75) is 33.7 Å². The minimum atomic E-state index is -0.480. The highest BCUT2D eigenvalue weighted by Gasteiger charge is 2.31. The molecule has 0 saturated carbocycles. The number of nitrogens with zero attached hydrogens (tertiary/aromatic N) is 3. The fourth-order valence-corrected chi connectivity index (χ4v) is 3.93. The molecule has 4 rings (SSSR count). The summed E-state index contributed by atoms with van der Waals surface area (Å²) in [7, 11) is 0. The third-order valence-electron chi connectivity index (χ3n) is 5.64. The summed E-state index contributed by atoms with van der Waals surface area (Å²) in [5.74, 6) is -0.533. The summed E-state index contributed by atoms with van der Waals surface area (Å²) in [6, 6.07) is 13.0. The number of carbonyl (C=O) groups excluding carboxylic acids is 2. The highest BCUT2D eigenvalue weighted by Crippen LogP contribution is 2.28. The van der Waals surface area contributed by atoms with Crippen LogP contribution in [0.4, 0.5) is 0 Å². The zero-order chi connectivity index (χ0) is 22.1. The first kappa shape index (κ1) is 21.1. The van der Waals surface area contributed by atoms with Crippen molar-refractivity contribution in [3.63, 3.8) is 0 Å². The number of ether oxygens (including phenoxy) is 1. The Kier molecular flexibility index (Phi) is 5.83. The molecule has 1 aliphatic heterocycles. The molecule has 0 unspecified atom stereocenters. The van der Waals surface area contributed by atoms with E-state index in [-0.39, 0.29) is 18.2 Å². The second-order valence-electron chi connectivity index (χ2n) is 7.66. The van der Waals surface area contributed by atoms with E-state index >= 15 is 0 Å². The Balaban J connectivity index is 1.71. The monoisotopic (exact) mass is 437 g/mol. The lowest BCUT2D eigenvalue weighted by Gasteiger charge is -2.28. The fraction of sp³-hybridized carbons (Fsp3) is 0.292. The van der Waals surface area contributed by atoms with Crippen molar-refractivity contribution < 1.29 is 14.3 Å². The molecule has 6 nitrogen and oxygen atoms in total. The molecular formula is C24H24ClN3O3. The number of amides is 1. The van der Waals surface area contributed by atoms with E-state index in [1.165, 1.54) is 0 Å². The first-order chi connectivity index (χ1) is 14.9. The van der Waals surface area contributed by atoms with E-state index in [4.69, 9.17) is 16.3 Å². The average molecular weight is 438 g/mol. The molecule has 0 saturated heterocycles. The number of esters is 1. The Morgan fingerprint density at radius 2 is 1.84 bits per heavy atom. The summed E-state index contributed by atoms with van der Waals surface area (Å²) in [5, 5.41) is 5.19. The minimum absolute atomic E-state index is 0.0530. The Labute approximate surface area is 186 Å². The standard InChI is InChI=1S/C24H24ClN3O3/c1-4-31-24(30)22-20-14-27(23(29)17-6-5-15(2)16(3)13-17)12-11-21(20)28(26-22)19-9-7-18(25)8-10-19/h5-10,13H,4,11-12,14H2,1-3H3. The molecule has 2 heterocycles. The first-order valence-electron chi connectivity index (χ1n) is 10.3. The third-order valence-corrected chi connectivity index (χ3v) is 5.89. The molecule has 0 bridgehead atoms. The zero-order valence-corrected chi connectivity index (χ0v) is 18.6. The van der Waals surface area contributed by atoms with Gasteiger partial charge in [-0.25, -0.2) is 9.48 Å². The molecule has 7 heteroatoms. The van der Waals surface area contributed by atoms with Crippen LogP contribution in [0.3, 0.4) is 0 Å². The van der Waals surface area contributed by atoms with E-state index in [9.17, 15) is 9.59 Å². The Morgan fingerprint density at radius 1 is 1.10 bits per heavy atom. The molecule has 160 valence electrons. The molecule has 0 fully saturated rings. The number of benzene rings is 2. The maximum atomic E-state index is 13.2. The lowest BCUT2D eigenvalue weighted by molar-refractivity contribution is 0.0513. The van der Waals surface area contributed by atoms with Crippen LogP contribution in [-0.2, 0) is 17.7 Å². The van der Waals surface area contributed by atoms with Gasteiger partial charge < -0.3 is 9.64 Å². The predicted molar refractivity (Wildman–Crippen MR) is 119 cm³/mol. The van der Waals surface area contributed by atoms with Crippen LogP contribution in [0.15, 0.2) is 42.5 Å². The van der Waals surface area contributed by atoms with Crippen LogP contribution < -0.4 is 0 Å². The van der Waals surface area contributed by atoms with E-state index in [0.29, 0.717) is 30.1 Å². The smallest absolute Gasteiger partial charge is 0.359 e. The van der Waals surface area contributed by atoms with Crippen LogP contribution in [-0.4, -0.2) is 39.7 Å². The van der Waals surface area contributed by atoms with Crippen molar-refractivity contribution in [3.05, 3.63) is 81.1 Å². The summed E-state index contributed by atoms with van der Waals surface area (Å²) in [4.78, 5) is 27.6. The Bertz CT molecular complexity index is 1150. The van der Waals surface area contributed by atoms with Crippen molar-refractivity contribution in [2.75, 3.05) is 13.2 Å². The van der Waals surface area contributed by atoms with Crippen molar-refractivity contribution in [1.82, 2.24) is 14.7 Å². The van der Waals surface area contributed by atoms with Gasteiger partial charge in [0.25, 0.3) is 5.91 Å². The molecule has 3 aromatic rings. The van der Waals surface area contributed by atoms with E-state index in [1.807, 2.05) is 44.2 Å². The zero-order valence-electron chi connectivity index (χ0n) is 17.8. The number of fused-ring (bicyclic) bond motifs is 1. The number of hydrogen-bond acceptors (Lipinski definition) is 4. The maximum absolute atomic E-state index is 13.2. The SMILES string of the molecule is CCOC(=O)c1nn(-c2ccc(Cl)cc2)c2c1CN(C(=O)c1ccc(C)c(C)c1)CC2. The molecule has 1 amide bonds. The number of carbonyl (C=O) groups is 2. The van der Waals surface area contributed by atoms with Crippen LogP contribution in [0.2, 0.25) is 5.02 Å². The highest BCUT2D eigenvalue weighted by molar-refractivity contribution is 6.30. The van der Waals surface area contributed by atoms with Gasteiger partial charge in [0.2, 0.25) is 0 Å². The number of rotatable bonds is 4. The largest absolute Gasteiger partial charge is 0.461 e. The fourth-order valence-electron chi connectivity index (χ4n) is 3.81. The van der Waals surface area contributed by atoms with Gasteiger partial charge in [0.1, 0.15) is 0 Å². The van der Waals surface area contributed by atoms with E-state index in [0.717, 1.165) is 28.1 Å². The quantitative estimate of drug-likeness (QED) is 0.563. The van der Waals surface area contributed by atoms with Crippen LogP contribution in [0, 0.1) is 13.8 Å². The molecule has 1 aliphatic rings. The summed E-state index contributed by atoms with van der Waals surface area (Å²) in [6.07, 6.45) is 0.584. The average Bonchev–Trinajstić information content (AvgIpc) is 3.15. The van der Waals surface area contributed by atoms with Gasteiger partial charge in [-0.2, -0.15) is 5.10 Å². The van der Waals surface area contributed by atoms with Crippen molar-refractivity contribution >= 4 is 23.5 Å². The molecule has 0 N–H and O–H groups in total. The van der Waals surface area contributed by atoms with Crippen LogP contribution >= 0.6 is 11.6 Å². The molecule has 0 aliphatic carbocycles. The third kappa shape index (κ3) is 4.08. The molecule has 0 spiro atoms. The number of hydrogen-bond donors (Lipinski definition) is 0. The summed E-state index contributed by atoms with van der Waals surface area (Å²) in [5.41, 5.74) is 5.58. The van der Waals surface area contributed by atoms with Gasteiger partial charge in [0, 0.05) is 29.1 Å². The van der Waals surface area contributed by atoms with Crippen molar-refractivity contribution in [1.29, 1.82) is 0 Å². The van der Waals surface area contributed by atoms with E-state index < -0.39 is 5.97 Å². The molecule has 2 aromatic carbocycles. The van der Waals surface area contributed by atoms with Gasteiger partial charge in [-0.05, 0) is 68.3 Å². The van der Waals surface area contributed by atoms with Gasteiger partial charge in [0.15, 0.2) is 5.69 Å². The minimum Gasteiger partial charge on any atom is -0.461 e. The molecule has 31 heavy (non-hydrogen) atoms. The molecule has 1 aromatic heterocycles. The highest BCUT2D eigenvalue weighted by atomic mass is 35.5. The second-order valence-corrected chi connectivity index (χ2v) is 8.09. The van der Waals surface area contributed by atoms with Crippen molar-refractivity contribution in [3.8, 4) is 5.69 Å². The van der Waals surface area contributed by atoms with Gasteiger partial charge in [0.05, 0.1) is 24.5 Å². The second kappa shape index (κ2) is 8.55. The predicted octanol–water partition coefficient (Wildman–Crippen LogP) is 4.52. The topological polar surface area (TPSA) is 64.4 Å². The normalized spacial score (nSPS) is 13.1. The van der Waals surface area contributed by atoms with E-state index in [1.54, 1.807) is 28.6 Å². The lowest BCUT2D eigenvalue weighted by Crippen LogP contribution is -2.36. The van der Waals surface area contributed by atoms with Crippen LogP contribution in [0.5, 0.6) is 0 Å². The summed E-state index contributed by atoms with van der Waals surface area (Å²) < 4.78 is 6.99. The number of aryl methyl sites for hydroxylation is 2. The van der Waals surface area contributed by atoms with Gasteiger partial charge in [-0.15, -0.1) is 0 Å². The van der Waals surface area contributed by atoms with Crippen molar-refractivity contribution in [2.24, 2.45) is 0 Å². The first-order valence-corrected chi connectivity index (χ1v) is 10.7. The van der Waals surface area contributed by atoms with Crippen LogP contribution in [0.1, 0.15) is 50.2 Å². The number of aromatic nitrogens is 2. The number of halogens is 1. The van der Waals surface area contributed by atoms with Gasteiger partial charge >= 0.3 is 5.97 Å². The molecule has 0 atom stereocenters. The Hall–Kier alpha value is -3.12. The molecular weight excluding hydrogens is 414 g/mol. The maximum Gasteiger partial charge on any atom is 0.359 e. The Morgan fingerprint density at radius 3 is 2.52 bits per heavy atom. The lowest BCUT2D eigenvalue weighted by atomic mass is 10.0. The van der Waals surface area contributed by atoms with Gasteiger partial charge in [-0.1, -0.05) is 17.7 Å². The summed E-state index contributed by atoms with van der Waals surface area (Å²) in [6.45, 7) is 6.88. The van der Waals surface area contributed by atoms with E-state index in [2.05, 4.69) is 5.10 Å².